The number of hydrogen-bond donors (Lipinski definition) is 1. The van der Waals surface area contributed by atoms with Crippen molar-refractivity contribution in [2.24, 2.45) is 11.3 Å². The van der Waals surface area contributed by atoms with Crippen molar-refractivity contribution in [3.05, 3.63) is 0 Å². The van der Waals surface area contributed by atoms with Crippen molar-refractivity contribution in [1.82, 2.24) is 0 Å². The van der Waals surface area contributed by atoms with Crippen LogP contribution in [0, 0.1) is 11.3 Å². The minimum Gasteiger partial charge on any atom is -0.481 e. The van der Waals surface area contributed by atoms with Crippen LogP contribution in [0.25, 0.3) is 0 Å². The van der Waals surface area contributed by atoms with Gasteiger partial charge in [0.05, 0.1) is 24.7 Å². The second kappa shape index (κ2) is 4.49. The molecule has 1 fully saturated rings. The molecule has 4 heteroatoms. The first-order valence-corrected chi connectivity index (χ1v) is 5.23. The minimum absolute atomic E-state index is 0.0830. The standard InChI is InChI=1S/C11H20O4/c1-11(2,3)9-8(10(12)13)5-7(15-9)6-14-4/h7-9H,5-6H2,1-4H3,(H,12,13). The van der Waals surface area contributed by atoms with Gasteiger partial charge in [0.2, 0.25) is 0 Å². The van der Waals surface area contributed by atoms with Crippen LogP contribution in [0.1, 0.15) is 27.2 Å². The van der Waals surface area contributed by atoms with Gasteiger partial charge in [-0.15, -0.1) is 0 Å². The number of carbonyl (C=O) groups is 1. The summed E-state index contributed by atoms with van der Waals surface area (Å²) in [7, 11) is 1.60. The van der Waals surface area contributed by atoms with Gasteiger partial charge in [-0.3, -0.25) is 4.79 Å². The van der Waals surface area contributed by atoms with Gasteiger partial charge in [-0.1, -0.05) is 20.8 Å². The van der Waals surface area contributed by atoms with E-state index in [0.717, 1.165) is 0 Å². The summed E-state index contributed by atoms with van der Waals surface area (Å²) in [6, 6.07) is 0. The van der Waals surface area contributed by atoms with E-state index in [1.165, 1.54) is 0 Å². The summed E-state index contributed by atoms with van der Waals surface area (Å²) in [5, 5.41) is 9.11. The van der Waals surface area contributed by atoms with Crippen LogP contribution in [-0.4, -0.2) is 37.0 Å². The number of carboxylic acids is 1. The first-order valence-electron chi connectivity index (χ1n) is 5.23. The smallest absolute Gasteiger partial charge is 0.309 e. The Morgan fingerprint density at radius 1 is 1.53 bits per heavy atom. The number of rotatable bonds is 3. The third-order valence-corrected chi connectivity index (χ3v) is 2.74. The van der Waals surface area contributed by atoms with Gasteiger partial charge >= 0.3 is 5.97 Å². The van der Waals surface area contributed by atoms with Crippen LogP contribution in [0.3, 0.4) is 0 Å². The van der Waals surface area contributed by atoms with Gasteiger partial charge in [-0.25, -0.2) is 0 Å². The second-order valence-corrected chi connectivity index (χ2v) is 5.18. The van der Waals surface area contributed by atoms with Gasteiger partial charge in [0.1, 0.15) is 0 Å². The highest BCUT2D eigenvalue weighted by molar-refractivity contribution is 5.71. The average molecular weight is 216 g/mol. The van der Waals surface area contributed by atoms with E-state index in [4.69, 9.17) is 14.6 Å². The molecule has 0 amide bonds. The molecule has 3 unspecified atom stereocenters. The van der Waals surface area contributed by atoms with E-state index in [2.05, 4.69) is 0 Å². The number of carboxylic acid groups (broad SMARTS) is 1. The third-order valence-electron chi connectivity index (χ3n) is 2.74. The minimum atomic E-state index is -0.770. The number of hydrogen-bond acceptors (Lipinski definition) is 3. The van der Waals surface area contributed by atoms with Crippen LogP contribution >= 0.6 is 0 Å². The number of methoxy groups -OCH3 is 1. The molecule has 0 saturated carbocycles. The Labute approximate surface area is 90.6 Å². The van der Waals surface area contributed by atoms with E-state index in [0.29, 0.717) is 13.0 Å². The monoisotopic (exact) mass is 216 g/mol. The Kier molecular flexibility index (Phi) is 3.73. The fraction of sp³-hybridized carbons (Fsp3) is 0.909. The van der Waals surface area contributed by atoms with Crippen LogP contribution in [0.5, 0.6) is 0 Å². The Balaban J connectivity index is 2.72. The quantitative estimate of drug-likeness (QED) is 0.777. The molecule has 1 rings (SSSR count). The molecule has 1 saturated heterocycles. The molecule has 1 aliphatic heterocycles. The summed E-state index contributed by atoms with van der Waals surface area (Å²) in [5.41, 5.74) is -0.147. The number of ether oxygens (including phenoxy) is 2. The van der Waals surface area contributed by atoms with Crippen molar-refractivity contribution in [3.8, 4) is 0 Å². The van der Waals surface area contributed by atoms with E-state index in [1.807, 2.05) is 20.8 Å². The van der Waals surface area contributed by atoms with E-state index in [9.17, 15) is 4.79 Å². The molecule has 88 valence electrons. The summed E-state index contributed by atoms with van der Waals surface area (Å²) in [6.07, 6.45) is 0.237. The van der Waals surface area contributed by atoms with Gasteiger partial charge < -0.3 is 14.6 Å². The van der Waals surface area contributed by atoms with Crippen LogP contribution in [0.2, 0.25) is 0 Å². The summed E-state index contributed by atoms with van der Waals surface area (Å²) >= 11 is 0. The lowest BCUT2D eigenvalue weighted by molar-refractivity contribution is -0.146. The van der Waals surface area contributed by atoms with Crippen LogP contribution in [0.4, 0.5) is 0 Å². The number of aliphatic carboxylic acids is 1. The maximum absolute atomic E-state index is 11.1. The molecule has 4 nitrogen and oxygen atoms in total. The lowest BCUT2D eigenvalue weighted by atomic mass is 9.81. The molecule has 0 bridgehead atoms. The summed E-state index contributed by atoms with van der Waals surface area (Å²) in [4.78, 5) is 11.1. The zero-order chi connectivity index (χ0) is 11.6. The zero-order valence-corrected chi connectivity index (χ0v) is 9.82. The van der Waals surface area contributed by atoms with Gasteiger partial charge in [0.15, 0.2) is 0 Å². The molecule has 0 aliphatic carbocycles. The first kappa shape index (κ1) is 12.5. The largest absolute Gasteiger partial charge is 0.481 e. The van der Waals surface area contributed by atoms with Crippen molar-refractivity contribution in [3.63, 3.8) is 0 Å². The van der Waals surface area contributed by atoms with Crippen LogP contribution < -0.4 is 0 Å². The Morgan fingerprint density at radius 2 is 2.13 bits per heavy atom. The molecule has 0 spiro atoms. The van der Waals surface area contributed by atoms with E-state index < -0.39 is 11.9 Å². The Morgan fingerprint density at radius 3 is 2.47 bits per heavy atom. The van der Waals surface area contributed by atoms with Crippen LogP contribution in [-0.2, 0) is 14.3 Å². The Hall–Kier alpha value is -0.610. The lowest BCUT2D eigenvalue weighted by Crippen LogP contribution is -2.35. The first-order chi connectivity index (χ1) is 6.86. The molecular formula is C11H20O4. The molecular weight excluding hydrogens is 196 g/mol. The second-order valence-electron chi connectivity index (χ2n) is 5.18. The van der Waals surface area contributed by atoms with E-state index in [1.54, 1.807) is 7.11 Å². The molecule has 3 atom stereocenters. The molecule has 15 heavy (non-hydrogen) atoms. The molecule has 1 aliphatic rings. The molecule has 0 aromatic rings. The Bertz CT molecular complexity index is 231. The molecule has 1 N–H and O–H groups in total. The summed E-state index contributed by atoms with van der Waals surface area (Å²) in [6.45, 7) is 6.48. The fourth-order valence-corrected chi connectivity index (χ4v) is 2.10. The topological polar surface area (TPSA) is 55.8 Å². The molecule has 1 heterocycles. The molecule has 0 aromatic carbocycles. The van der Waals surface area contributed by atoms with Gasteiger partial charge in [-0.2, -0.15) is 0 Å². The molecule has 0 aromatic heterocycles. The lowest BCUT2D eigenvalue weighted by Gasteiger charge is -2.29. The normalized spacial score (nSPS) is 31.9. The third kappa shape index (κ3) is 2.92. The summed E-state index contributed by atoms with van der Waals surface area (Å²) in [5.74, 6) is -1.18. The fourth-order valence-electron chi connectivity index (χ4n) is 2.10. The zero-order valence-electron chi connectivity index (χ0n) is 9.82. The highest BCUT2D eigenvalue weighted by Gasteiger charge is 2.45. The predicted molar refractivity (Wildman–Crippen MR) is 55.7 cm³/mol. The van der Waals surface area contributed by atoms with Crippen molar-refractivity contribution in [2.45, 2.75) is 39.4 Å². The van der Waals surface area contributed by atoms with E-state index in [-0.39, 0.29) is 17.6 Å². The maximum atomic E-state index is 11.1. The van der Waals surface area contributed by atoms with Crippen molar-refractivity contribution >= 4 is 5.97 Å². The van der Waals surface area contributed by atoms with Crippen molar-refractivity contribution in [1.29, 1.82) is 0 Å². The highest BCUT2D eigenvalue weighted by Crippen LogP contribution is 2.37. The van der Waals surface area contributed by atoms with E-state index >= 15 is 0 Å². The van der Waals surface area contributed by atoms with Gasteiger partial charge in [0.25, 0.3) is 0 Å². The van der Waals surface area contributed by atoms with Crippen molar-refractivity contribution in [2.75, 3.05) is 13.7 Å². The van der Waals surface area contributed by atoms with Gasteiger partial charge in [-0.05, 0) is 11.8 Å². The SMILES string of the molecule is COCC1CC(C(=O)O)C(C(C)(C)C)O1. The van der Waals surface area contributed by atoms with Crippen LogP contribution in [0.15, 0.2) is 0 Å². The summed E-state index contributed by atoms with van der Waals surface area (Å²) < 4.78 is 10.7. The highest BCUT2D eigenvalue weighted by atomic mass is 16.5. The van der Waals surface area contributed by atoms with Gasteiger partial charge in [0, 0.05) is 7.11 Å². The average Bonchev–Trinajstić information content (AvgIpc) is 2.48. The molecule has 0 radical (unpaired) electrons. The maximum Gasteiger partial charge on any atom is 0.309 e. The van der Waals surface area contributed by atoms with Crippen molar-refractivity contribution < 1.29 is 19.4 Å². The predicted octanol–water partition coefficient (Wildman–Crippen LogP) is 1.54.